The highest BCUT2D eigenvalue weighted by molar-refractivity contribution is 6.30. The lowest BCUT2D eigenvalue weighted by Gasteiger charge is -1.99. The molecule has 0 heterocycles. The summed E-state index contributed by atoms with van der Waals surface area (Å²) in [4.78, 5) is 0. The fourth-order valence-corrected chi connectivity index (χ4v) is 1.47. The largest absolute Gasteiger partial charge is 0.0843 e. The molecule has 0 aliphatic heterocycles. The third-order valence-electron chi connectivity index (χ3n) is 2.31. The van der Waals surface area contributed by atoms with Gasteiger partial charge in [-0.25, -0.2) is 0 Å². The molecule has 0 atom stereocenters. The van der Waals surface area contributed by atoms with Crippen LogP contribution in [0.5, 0.6) is 0 Å². The molecule has 0 aromatic heterocycles. The second-order valence-electron chi connectivity index (χ2n) is 3.24. The number of rotatable bonds is 1. The van der Waals surface area contributed by atoms with Gasteiger partial charge in [0, 0.05) is 5.02 Å². The highest BCUT2D eigenvalue weighted by atomic mass is 35.5. The van der Waals surface area contributed by atoms with Crippen LogP contribution in [0.25, 0.3) is 5.57 Å². The minimum atomic E-state index is 0.812. The van der Waals surface area contributed by atoms with Gasteiger partial charge in [-0.3, -0.25) is 0 Å². The fourth-order valence-electron chi connectivity index (χ4n) is 1.34. The Hall–Kier alpha value is -0.750. The number of hydrogen-bond acceptors (Lipinski definition) is 0. The van der Waals surface area contributed by atoms with Crippen LogP contribution in [0.4, 0.5) is 0 Å². The Morgan fingerprint density at radius 1 is 1.17 bits per heavy atom. The summed E-state index contributed by atoms with van der Waals surface area (Å²) in [6, 6.07) is 8.07. The van der Waals surface area contributed by atoms with Gasteiger partial charge >= 0.3 is 0 Å². The van der Waals surface area contributed by atoms with Crippen molar-refractivity contribution in [2.45, 2.75) is 19.8 Å². The molecule has 2 rings (SSSR count). The van der Waals surface area contributed by atoms with Gasteiger partial charge in [-0.15, -0.1) is 0 Å². The molecule has 0 N–H and O–H groups in total. The molecule has 0 nitrogen and oxygen atoms in total. The van der Waals surface area contributed by atoms with E-state index in [0.717, 1.165) is 5.02 Å². The molecule has 0 bridgehead atoms. The summed E-state index contributed by atoms with van der Waals surface area (Å²) in [5, 5.41) is 0.812. The molecule has 12 heavy (non-hydrogen) atoms. The summed E-state index contributed by atoms with van der Waals surface area (Å²) in [6.07, 6.45) is 2.57. The Labute approximate surface area is 77.9 Å². The zero-order valence-corrected chi connectivity index (χ0v) is 7.86. The molecule has 62 valence electrons. The first kappa shape index (κ1) is 7.88. The number of hydrogen-bond donors (Lipinski definition) is 0. The van der Waals surface area contributed by atoms with Gasteiger partial charge in [-0.05, 0) is 43.0 Å². The van der Waals surface area contributed by atoms with Gasteiger partial charge in [0.15, 0.2) is 0 Å². The SMILES string of the molecule is CC(=C1CC1)c1ccc(Cl)cc1. The molecule has 1 heteroatoms. The Kier molecular flexibility index (Phi) is 1.93. The predicted molar refractivity (Wildman–Crippen MR) is 53.3 cm³/mol. The number of benzene rings is 1. The molecule has 1 aromatic rings. The van der Waals surface area contributed by atoms with E-state index >= 15 is 0 Å². The summed E-state index contributed by atoms with van der Waals surface area (Å²) in [5.41, 5.74) is 4.34. The van der Waals surface area contributed by atoms with E-state index in [1.54, 1.807) is 5.57 Å². The average Bonchev–Trinajstić information content (AvgIpc) is 2.87. The van der Waals surface area contributed by atoms with Crippen LogP contribution >= 0.6 is 11.6 Å². The van der Waals surface area contributed by atoms with Crippen molar-refractivity contribution in [2.75, 3.05) is 0 Å². The molecule has 0 radical (unpaired) electrons. The van der Waals surface area contributed by atoms with E-state index in [1.807, 2.05) is 12.1 Å². The highest BCUT2D eigenvalue weighted by Crippen LogP contribution is 2.36. The Balaban J connectivity index is 2.35. The fraction of sp³-hybridized carbons (Fsp3) is 0.273. The lowest BCUT2D eigenvalue weighted by atomic mass is 10.1. The molecular formula is C11H11Cl. The molecule has 0 saturated heterocycles. The third-order valence-corrected chi connectivity index (χ3v) is 2.56. The third kappa shape index (κ3) is 1.54. The van der Waals surface area contributed by atoms with Crippen molar-refractivity contribution in [2.24, 2.45) is 0 Å². The molecular weight excluding hydrogens is 168 g/mol. The van der Waals surface area contributed by atoms with Gasteiger partial charge in [-0.2, -0.15) is 0 Å². The monoisotopic (exact) mass is 178 g/mol. The second kappa shape index (κ2) is 2.95. The van der Waals surface area contributed by atoms with Crippen molar-refractivity contribution in [3.8, 4) is 0 Å². The van der Waals surface area contributed by atoms with Crippen LogP contribution in [0.1, 0.15) is 25.3 Å². The molecule has 1 aromatic carbocycles. The zero-order chi connectivity index (χ0) is 8.55. The zero-order valence-electron chi connectivity index (χ0n) is 7.10. The molecule has 0 spiro atoms. The molecule has 0 unspecified atom stereocenters. The van der Waals surface area contributed by atoms with Crippen LogP contribution in [0.2, 0.25) is 5.02 Å². The van der Waals surface area contributed by atoms with Crippen LogP contribution in [0.15, 0.2) is 29.8 Å². The minimum Gasteiger partial charge on any atom is -0.0843 e. The van der Waals surface area contributed by atoms with Crippen LogP contribution < -0.4 is 0 Å². The summed E-state index contributed by atoms with van der Waals surface area (Å²) >= 11 is 5.80. The van der Waals surface area contributed by atoms with E-state index in [1.165, 1.54) is 24.0 Å². The van der Waals surface area contributed by atoms with E-state index in [-0.39, 0.29) is 0 Å². The summed E-state index contributed by atoms with van der Waals surface area (Å²) in [7, 11) is 0. The van der Waals surface area contributed by atoms with Crippen LogP contribution in [0, 0.1) is 0 Å². The van der Waals surface area contributed by atoms with Crippen LogP contribution in [-0.4, -0.2) is 0 Å². The van der Waals surface area contributed by atoms with Gasteiger partial charge in [0.1, 0.15) is 0 Å². The lowest BCUT2D eigenvalue weighted by molar-refractivity contribution is 1.50. The second-order valence-corrected chi connectivity index (χ2v) is 3.67. The summed E-state index contributed by atoms with van der Waals surface area (Å²) < 4.78 is 0. The van der Waals surface area contributed by atoms with E-state index in [9.17, 15) is 0 Å². The normalized spacial score (nSPS) is 14.7. The van der Waals surface area contributed by atoms with Gasteiger partial charge in [-0.1, -0.05) is 29.3 Å². The molecule has 1 aliphatic carbocycles. The standard InChI is InChI=1S/C11H11Cl/c1-8(9-2-3-9)10-4-6-11(12)7-5-10/h4-7H,2-3H2,1H3. The summed E-state index contributed by atoms with van der Waals surface area (Å²) in [6.45, 7) is 2.19. The van der Waals surface area contributed by atoms with E-state index in [0.29, 0.717) is 0 Å². The predicted octanol–water partition coefficient (Wildman–Crippen LogP) is 3.91. The van der Waals surface area contributed by atoms with Crippen molar-refractivity contribution in [3.05, 3.63) is 40.4 Å². The molecule has 0 amide bonds. The smallest absolute Gasteiger partial charge is 0.0406 e. The maximum Gasteiger partial charge on any atom is 0.0406 e. The van der Waals surface area contributed by atoms with E-state index < -0.39 is 0 Å². The van der Waals surface area contributed by atoms with Gasteiger partial charge in [0.25, 0.3) is 0 Å². The van der Waals surface area contributed by atoms with Crippen molar-refractivity contribution in [1.82, 2.24) is 0 Å². The number of halogens is 1. The number of allylic oxidation sites excluding steroid dienone is 2. The molecule has 1 saturated carbocycles. The van der Waals surface area contributed by atoms with Gasteiger partial charge in [0.2, 0.25) is 0 Å². The first-order chi connectivity index (χ1) is 5.77. The maximum atomic E-state index is 5.80. The highest BCUT2D eigenvalue weighted by Gasteiger charge is 2.15. The topological polar surface area (TPSA) is 0 Å². The van der Waals surface area contributed by atoms with Gasteiger partial charge in [0.05, 0.1) is 0 Å². The Morgan fingerprint density at radius 2 is 1.75 bits per heavy atom. The van der Waals surface area contributed by atoms with E-state index in [4.69, 9.17) is 11.6 Å². The Morgan fingerprint density at radius 3 is 2.25 bits per heavy atom. The first-order valence-electron chi connectivity index (χ1n) is 4.22. The van der Waals surface area contributed by atoms with Crippen LogP contribution in [0.3, 0.4) is 0 Å². The van der Waals surface area contributed by atoms with Gasteiger partial charge < -0.3 is 0 Å². The Bertz CT molecular complexity index is 313. The molecule has 1 aliphatic rings. The van der Waals surface area contributed by atoms with Crippen molar-refractivity contribution < 1.29 is 0 Å². The first-order valence-corrected chi connectivity index (χ1v) is 4.60. The van der Waals surface area contributed by atoms with Crippen molar-refractivity contribution in [1.29, 1.82) is 0 Å². The van der Waals surface area contributed by atoms with Crippen molar-refractivity contribution in [3.63, 3.8) is 0 Å². The van der Waals surface area contributed by atoms with Crippen molar-refractivity contribution >= 4 is 17.2 Å². The molecule has 1 fully saturated rings. The average molecular weight is 179 g/mol. The van der Waals surface area contributed by atoms with Crippen LogP contribution in [-0.2, 0) is 0 Å². The lowest BCUT2D eigenvalue weighted by Crippen LogP contribution is -1.77. The minimum absolute atomic E-state index is 0.812. The van der Waals surface area contributed by atoms with E-state index in [2.05, 4.69) is 19.1 Å². The maximum absolute atomic E-state index is 5.80. The summed E-state index contributed by atoms with van der Waals surface area (Å²) in [5.74, 6) is 0. The quantitative estimate of drug-likeness (QED) is 0.612.